The van der Waals surface area contributed by atoms with Crippen LogP contribution < -0.4 is 4.90 Å². The summed E-state index contributed by atoms with van der Waals surface area (Å²) in [5.41, 5.74) is 3.97. The number of piperazine rings is 1. The van der Waals surface area contributed by atoms with Crippen molar-refractivity contribution in [1.29, 1.82) is 0 Å². The van der Waals surface area contributed by atoms with Crippen LogP contribution in [0.4, 0.5) is 5.95 Å². The van der Waals surface area contributed by atoms with E-state index in [0.717, 1.165) is 56.4 Å². The highest BCUT2D eigenvalue weighted by Crippen LogP contribution is 2.33. The number of Topliss-reactive ketones (excluding diaryl/α,β-unsaturated/α-hetero) is 1. The molecular formula is C25H25ClN4O. The maximum absolute atomic E-state index is 12.7. The van der Waals surface area contributed by atoms with Crippen molar-refractivity contribution in [3.63, 3.8) is 0 Å². The maximum Gasteiger partial charge on any atom is 0.225 e. The first-order chi connectivity index (χ1) is 15.2. The van der Waals surface area contributed by atoms with E-state index in [0.29, 0.717) is 17.0 Å². The van der Waals surface area contributed by atoms with Crippen LogP contribution in [0.3, 0.4) is 0 Å². The van der Waals surface area contributed by atoms with Crippen LogP contribution in [0.2, 0.25) is 5.02 Å². The molecule has 0 bridgehead atoms. The third-order valence-corrected chi connectivity index (χ3v) is 6.49. The molecule has 1 saturated heterocycles. The fourth-order valence-electron chi connectivity index (χ4n) is 4.53. The molecule has 1 aliphatic heterocycles. The quantitative estimate of drug-likeness (QED) is 0.612. The number of halogens is 1. The number of nitrogens with zero attached hydrogens (tertiary/aromatic N) is 4. The van der Waals surface area contributed by atoms with Gasteiger partial charge in [0.1, 0.15) is 0 Å². The largest absolute Gasteiger partial charge is 0.338 e. The van der Waals surface area contributed by atoms with Crippen molar-refractivity contribution in [1.82, 2.24) is 14.9 Å². The number of aromatic nitrogens is 2. The van der Waals surface area contributed by atoms with Crippen LogP contribution in [0.15, 0.2) is 60.8 Å². The summed E-state index contributed by atoms with van der Waals surface area (Å²) in [7, 11) is 0. The smallest absolute Gasteiger partial charge is 0.225 e. The standard InChI is InChI=1S/C25H25ClN4O/c26-21-8-4-7-19(13-21)20-14-23-22(24(31)15-20)16-27-25(28-23)30-11-9-29(10-12-30)17-18-5-2-1-3-6-18/h1-8,13,16,20H,9-12,14-15,17H2. The van der Waals surface area contributed by atoms with Crippen molar-refractivity contribution in [2.24, 2.45) is 0 Å². The third-order valence-electron chi connectivity index (χ3n) is 6.25. The van der Waals surface area contributed by atoms with Crippen molar-refractivity contribution in [2.75, 3.05) is 31.1 Å². The molecule has 31 heavy (non-hydrogen) atoms. The van der Waals surface area contributed by atoms with Gasteiger partial charge in [0.05, 0.1) is 11.3 Å². The molecule has 5 rings (SSSR count). The van der Waals surface area contributed by atoms with E-state index in [4.69, 9.17) is 16.6 Å². The van der Waals surface area contributed by atoms with Gasteiger partial charge < -0.3 is 4.90 Å². The van der Waals surface area contributed by atoms with Crippen molar-refractivity contribution in [2.45, 2.75) is 25.3 Å². The number of carbonyl (C=O) groups is 1. The number of anilines is 1. The minimum atomic E-state index is 0.115. The Bertz CT molecular complexity index is 1080. The van der Waals surface area contributed by atoms with Crippen LogP contribution in [0.5, 0.6) is 0 Å². The minimum Gasteiger partial charge on any atom is -0.338 e. The maximum atomic E-state index is 12.7. The molecule has 1 atom stereocenters. The summed E-state index contributed by atoms with van der Waals surface area (Å²) in [6.45, 7) is 4.68. The van der Waals surface area contributed by atoms with Crippen molar-refractivity contribution in [3.05, 3.63) is 88.2 Å². The zero-order valence-corrected chi connectivity index (χ0v) is 18.1. The molecule has 5 nitrogen and oxygen atoms in total. The minimum absolute atomic E-state index is 0.115. The molecule has 6 heteroatoms. The van der Waals surface area contributed by atoms with Crippen LogP contribution in [0, 0.1) is 0 Å². The lowest BCUT2D eigenvalue weighted by Gasteiger charge is -2.35. The zero-order chi connectivity index (χ0) is 21.2. The number of hydrogen-bond donors (Lipinski definition) is 0. The molecular weight excluding hydrogens is 408 g/mol. The van der Waals surface area contributed by atoms with Gasteiger partial charge in [0, 0.05) is 50.4 Å². The van der Waals surface area contributed by atoms with Crippen LogP contribution in [-0.4, -0.2) is 46.8 Å². The van der Waals surface area contributed by atoms with E-state index in [-0.39, 0.29) is 11.7 Å². The van der Waals surface area contributed by atoms with Gasteiger partial charge in [0.25, 0.3) is 0 Å². The SMILES string of the molecule is O=C1CC(c2cccc(Cl)c2)Cc2nc(N3CCN(Cc4ccccc4)CC3)ncc21. The lowest BCUT2D eigenvalue weighted by Crippen LogP contribution is -2.46. The van der Waals surface area contributed by atoms with E-state index in [1.54, 1.807) is 6.20 Å². The van der Waals surface area contributed by atoms with Crippen molar-refractivity contribution in [3.8, 4) is 0 Å². The topological polar surface area (TPSA) is 49.3 Å². The van der Waals surface area contributed by atoms with Gasteiger partial charge in [-0.25, -0.2) is 9.97 Å². The fourth-order valence-corrected chi connectivity index (χ4v) is 4.73. The Morgan fingerprint density at radius 1 is 0.968 bits per heavy atom. The van der Waals surface area contributed by atoms with Gasteiger partial charge in [-0.3, -0.25) is 9.69 Å². The van der Waals surface area contributed by atoms with Gasteiger partial charge in [-0.2, -0.15) is 0 Å². The van der Waals surface area contributed by atoms with E-state index in [1.807, 2.05) is 24.3 Å². The molecule has 2 aliphatic rings. The van der Waals surface area contributed by atoms with E-state index in [1.165, 1.54) is 5.56 Å². The molecule has 0 amide bonds. The summed E-state index contributed by atoms with van der Waals surface area (Å²) in [4.78, 5) is 26.8. The molecule has 0 spiro atoms. The molecule has 1 fully saturated rings. The Kier molecular flexibility index (Phi) is 5.70. The molecule has 1 unspecified atom stereocenters. The fraction of sp³-hybridized carbons (Fsp3) is 0.320. The highest BCUT2D eigenvalue weighted by atomic mass is 35.5. The van der Waals surface area contributed by atoms with Crippen LogP contribution in [0.25, 0.3) is 0 Å². The Morgan fingerprint density at radius 3 is 2.55 bits per heavy atom. The van der Waals surface area contributed by atoms with E-state index in [9.17, 15) is 4.79 Å². The van der Waals surface area contributed by atoms with E-state index >= 15 is 0 Å². The molecule has 3 aromatic rings. The van der Waals surface area contributed by atoms with Crippen molar-refractivity contribution >= 4 is 23.3 Å². The van der Waals surface area contributed by atoms with E-state index in [2.05, 4.69) is 45.1 Å². The van der Waals surface area contributed by atoms with Crippen LogP contribution in [0.1, 0.15) is 39.5 Å². The summed E-state index contributed by atoms with van der Waals surface area (Å²) >= 11 is 6.17. The Hall–Kier alpha value is -2.76. The number of hydrogen-bond acceptors (Lipinski definition) is 5. The normalized spacial score (nSPS) is 19.3. The molecule has 1 aromatic heterocycles. The lowest BCUT2D eigenvalue weighted by atomic mass is 9.82. The van der Waals surface area contributed by atoms with Crippen LogP contribution in [-0.2, 0) is 13.0 Å². The van der Waals surface area contributed by atoms with Gasteiger partial charge in [0.15, 0.2) is 5.78 Å². The lowest BCUT2D eigenvalue weighted by molar-refractivity contribution is 0.0962. The number of benzene rings is 2. The monoisotopic (exact) mass is 432 g/mol. The summed E-state index contributed by atoms with van der Waals surface area (Å²) in [6.07, 6.45) is 2.95. The van der Waals surface area contributed by atoms with E-state index < -0.39 is 0 Å². The Labute approximate surface area is 187 Å². The second-order valence-electron chi connectivity index (χ2n) is 8.36. The van der Waals surface area contributed by atoms with Crippen LogP contribution >= 0.6 is 11.6 Å². The number of fused-ring (bicyclic) bond motifs is 1. The average Bonchev–Trinajstić information content (AvgIpc) is 2.80. The van der Waals surface area contributed by atoms with Gasteiger partial charge in [-0.1, -0.05) is 54.1 Å². The second-order valence-corrected chi connectivity index (χ2v) is 8.80. The Balaban J connectivity index is 1.28. The van der Waals surface area contributed by atoms with Gasteiger partial charge in [-0.15, -0.1) is 0 Å². The zero-order valence-electron chi connectivity index (χ0n) is 17.4. The first-order valence-corrected chi connectivity index (χ1v) is 11.2. The summed E-state index contributed by atoms with van der Waals surface area (Å²) in [6, 6.07) is 18.4. The molecule has 2 heterocycles. The predicted octanol–water partition coefficient (Wildman–Crippen LogP) is 4.36. The van der Waals surface area contributed by atoms with Gasteiger partial charge in [-0.05, 0) is 35.6 Å². The molecule has 0 radical (unpaired) electrons. The molecule has 158 valence electrons. The number of ketones is 1. The highest BCUT2D eigenvalue weighted by molar-refractivity contribution is 6.30. The van der Waals surface area contributed by atoms with Gasteiger partial charge >= 0.3 is 0 Å². The summed E-state index contributed by atoms with van der Waals surface area (Å²) in [5, 5.41) is 0.701. The highest BCUT2D eigenvalue weighted by Gasteiger charge is 2.29. The first kappa shape index (κ1) is 20.2. The first-order valence-electron chi connectivity index (χ1n) is 10.8. The molecule has 1 aliphatic carbocycles. The summed E-state index contributed by atoms with van der Waals surface area (Å²) < 4.78 is 0. The van der Waals surface area contributed by atoms with Crippen molar-refractivity contribution < 1.29 is 4.79 Å². The summed E-state index contributed by atoms with van der Waals surface area (Å²) in [5.74, 6) is 0.965. The number of carbonyl (C=O) groups excluding carboxylic acids is 1. The average molecular weight is 433 g/mol. The van der Waals surface area contributed by atoms with Gasteiger partial charge in [0.2, 0.25) is 5.95 Å². The second kappa shape index (κ2) is 8.77. The molecule has 2 aromatic carbocycles. The molecule has 0 N–H and O–H groups in total. The predicted molar refractivity (Wildman–Crippen MR) is 123 cm³/mol. The molecule has 0 saturated carbocycles. The Morgan fingerprint density at radius 2 is 1.77 bits per heavy atom. The third kappa shape index (κ3) is 4.48. The number of rotatable bonds is 4.